The first-order valence-corrected chi connectivity index (χ1v) is 2.12. The summed E-state index contributed by atoms with van der Waals surface area (Å²) in [4.78, 5) is 0. The fourth-order valence-corrected chi connectivity index (χ4v) is 0.204. The molecule has 6 heavy (non-hydrogen) atoms. The van der Waals surface area contributed by atoms with Crippen molar-refractivity contribution in [2.75, 3.05) is 6.54 Å². The van der Waals surface area contributed by atoms with E-state index in [1.165, 1.54) is 12.8 Å². The zero-order valence-corrected chi connectivity index (χ0v) is 6.70. The molecule has 2 N–H and O–H groups in total. The van der Waals surface area contributed by atoms with Gasteiger partial charge in [-0.3, -0.25) is 0 Å². The Bertz CT molecular complexity index is 15.0. The lowest BCUT2D eigenvalue weighted by Gasteiger charge is -1.80. The highest BCUT2D eigenvalue weighted by Gasteiger charge is 1.67. The van der Waals surface area contributed by atoms with E-state index in [-0.39, 0.29) is 24.0 Å². The minimum absolute atomic E-state index is 0. The van der Waals surface area contributed by atoms with Gasteiger partial charge in [-0.2, -0.15) is 0 Å². The summed E-state index contributed by atoms with van der Waals surface area (Å²) in [6.45, 7) is 2.98. The number of unbranched alkanes of at least 4 members (excludes halogenated alkanes) is 1. The molecule has 0 aromatic heterocycles. The molecule has 0 unspecified atom stereocenters. The van der Waals surface area contributed by atoms with Gasteiger partial charge in [0.25, 0.3) is 0 Å². The molecule has 0 radical (unpaired) electrons. The maximum atomic E-state index is 5.14. The molecule has 0 saturated heterocycles. The molecular formula is C4H13IN+. The van der Waals surface area contributed by atoms with E-state index in [0.717, 1.165) is 6.54 Å². The fraction of sp³-hybridized carbons (Fsp3) is 1.00. The third kappa shape index (κ3) is 8.83. The van der Waals surface area contributed by atoms with Crippen molar-refractivity contribution in [3.63, 3.8) is 0 Å². The van der Waals surface area contributed by atoms with Gasteiger partial charge >= 0.3 is 0 Å². The van der Waals surface area contributed by atoms with Gasteiger partial charge in [0.15, 0.2) is 0 Å². The zero-order chi connectivity index (χ0) is 4.12. The van der Waals surface area contributed by atoms with Crippen LogP contribution in [0.3, 0.4) is 0 Å². The molecule has 0 aliphatic rings. The lowest BCUT2D eigenvalue weighted by atomic mass is 10.3. The number of hydrogen-bond acceptors (Lipinski definition) is 1. The number of nitrogens with two attached hydrogens (primary N) is 1. The highest BCUT2D eigenvalue weighted by molar-refractivity contribution is 4.29. The molecule has 0 aromatic carbocycles. The Balaban J connectivity index is 0. The largest absolute Gasteiger partial charge is 0.330 e. The van der Waals surface area contributed by atoms with Crippen molar-refractivity contribution in [1.82, 2.24) is 0 Å². The van der Waals surface area contributed by atoms with Crippen LogP contribution in [0.1, 0.15) is 19.8 Å². The number of hydrogen-bond donors (Lipinski definition) is 1. The molecule has 0 heterocycles. The van der Waals surface area contributed by atoms with Crippen LogP contribution in [-0.2, 0) is 0 Å². The van der Waals surface area contributed by atoms with Gasteiger partial charge < -0.3 is 5.73 Å². The van der Waals surface area contributed by atoms with Crippen molar-refractivity contribution >= 4 is 0 Å². The van der Waals surface area contributed by atoms with Crippen molar-refractivity contribution in [3.8, 4) is 0 Å². The molecule has 0 bridgehead atoms. The third-order valence-electron chi connectivity index (χ3n) is 0.558. The van der Waals surface area contributed by atoms with Gasteiger partial charge in [0, 0.05) is 0 Å². The minimum Gasteiger partial charge on any atom is -0.330 e. The molecule has 0 aromatic rings. The van der Waals surface area contributed by atoms with E-state index >= 15 is 0 Å². The van der Waals surface area contributed by atoms with E-state index in [1.807, 2.05) is 0 Å². The lowest BCUT2D eigenvalue weighted by molar-refractivity contribution is -0.00000129. The van der Waals surface area contributed by atoms with Crippen LogP contribution in [0.25, 0.3) is 0 Å². The Kier molecular flexibility index (Phi) is 15.1. The van der Waals surface area contributed by atoms with Crippen molar-refractivity contribution in [1.29, 1.82) is 0 Å². The van der Waals surface area contributed by atoms with Crippen LogP contribution in [-0.4, -0.2) is 6.54 Å². The zero-order valence-electron chi connectivity index (χ0n) is 4.15. The molecule has 0 rings (SSSR count). The molecule has 1 nitrogen and oxygen atoms in total. The Labute approximate surface area is 56.3 Å². The summed E-state index contributed by atoms with van der Waals surface area (Å²) >= 11 is 0. The molecule has 0 aliphatic heterocycles. The quantitative estimate of drug-likeness (QED) is 0.481. The summed E-state index contributed by atoms with van der Waals surface area (Å²) in [5.41, 5.74) is 5.14. The van der Waals surface area contributed by atoms with E-state index in [1.54, 1.807) is 0 Å². The fourth-order valence-electron chi connectivity index (χ4n) is 0.204. The van der Waals surface area contributed by atoms with E-state index in [0.29, 0.717) is 0 Å². The summed E-state index contributed by atoms with van der Waals surface area (Å²) < 4.78 is 0. The average molecular weight is 202 g/mol. The topological polar surface area (TPSA) is 26.0 Å². The normalized spacial score (nSPS) is 7.00. The Morgan fingerprint density at radius 3 is 2.00 bits per heavy atom. The number of rotatable bonds is 2. The van der Waals surface area contributed by atoms with Gasteiger partial charge in [0.05, 0.1) is 0 Å². The van der Waals surface area contributed by atoms with Gasteiger partial charge in [-0.05, 0) is 13.0 Å². The first-order valence-electron chi connectivity index (χ1n) is 2.12. The maximum absolute atomic E-state index is 5.14. The van der Waals surface area contributed by atoms with E-state index in [2.05, 4.69) is 6.92 Å². The summed E-state index contributed by atoms with van der Waals surface area (Å²) in [6, 6.07) is 0. The first-order chi connectivity index (χ1) is 2.41. The standard InChI is InChI=1S/C4H11N.H2I/c1-2-3-4-5;/h2-5H2,1H3;1H2/q;+1. The van der Waals surface area contributed by atoms with E-state index in [4.69, 9.17) is 5.73 Å². The van der Waals surface area contributed by atoms with Crippen LogP contribution in [0.4, 0.5) is 0 Å². The molecule has 0 fully saturated rings. The van der Waals surface area contributed by atoms with Gasteiger partial charge in [-0.1, -0.05) is 13.3 Å². The molecule has 0 spiro atoms. The van der Waals surface area contributed by atoms with Gasteiger partial charge in [-0.15, -0.1) is 0 Å². The molecule has 0 aliphatic carbocycles. The first kappa shape index (κ1) is 9.85. The molecule has 0 amide bonds. The molecule has 0 atom stereocenters. The minimum atomic E-state index is 0. The summed E-state index contributed by atoms with van der Waals surface area (Å²) in [6.07, 6.45) is 2.39. The average Bonchev–Trinajstić information content (AvgIpc) is 1.41. The third-order valence-corrected chi connectivity index (χ3v) is 0.558. The SMILES string of the molecule is CCCCN.[IH2+]. The van der Waals surface area contributed by atoms with Gasteiger partial charge in [0.1, 0.15) is 0 Å². The molecule has 2 heteroatoms. The van der Waals surface area contributed by atoms with Crippen LogP contribution in [0, 0.1) is 0 Å². The van der Waals surface area contributed by atoms with Crippen molar-refractivity contribution < 1.29 is 24.0 Å². The number of halogens is 1. The van der Waals surface area contributed by atoms with Gasteiger partial charge in [-0.25, -0.2) is 0 Å². The molecular weight excluding hydrogens is 189 g/mol. The smallest absolute Gasteiger partial charge is 0.235 e. The molecule has 0 saturated carbocycles. The van der Waals surface area contributed by atoms with E-state index < -0.39 is 0 Å². The van der Waals surface area contributed by atoms with Crippen LogP contribution < -0.4 is 29.7 Å². The summed E-state index contributed by atoms with van der Waals surface area (Å²) in [7, 11) is 0. The summed E-state index contributed by atoms with van der Waals surface area (Å²) in [5.74, 6) is 0. The van der Waals surface area contributed by atoms with Crippen LogP contribution in [0.15, 0.2) is 0 Å². The van der Waals surface area contributed by atoms with Crippen molar-refractivity contribution in [3.05, 3.63) is 0 Å². The van der Waals surface area contributed by atoms with Crippen LogP contribution in [0.2, 0.25) is 0 Å². The Morgan fingerprint density at radius 2 is 2.00 bits per heavy atom. The lowest BCUT2D eigenvalue weighted by Crippen LogP contribution is -3.00. The highest BCUT2D eigenvalue weighted by Crippen LogP contribution is 1.77. The van der Waals surface area contributed by atoms with Gasteiger partial charge in [0.2, 0.25) is 24.0 Å². The van der Waals surface area contributed by atoms with Crippen LogP contribution in [0.5, 0.6) is 0 Å². The second-order valence-electron chi connectivity index (χ2n) is 1.14. The highest BCUT2D eigenvalue weighted by atomic mass is 127. The second kappa shape index (κ2) is 9.19. The summed E-state index contributed by atoms with van der Waals surface area (Å²) in [5, 5.41) is 0. The van der Waals surface area contributed by atoms with Crippen molar-refractivity contribution in [2.24, 2.45) is 5.73 Å². The Hall–Kier alpha value is 0.690. The predicted octanol–water partition coefficient (Wildman–Crippen LogP) is -2.79. The second-order valence-corrected chi connectivity index (χ2v) is 1.14. The monoisotopic (exact) mass is 202 g/mol. The predicted molar refractivity (Wildman–Crippen MR) is 26.8 cm³/mol. The molecule has 40 valence electrons. The Morgan fingerprint density at radius 1 is 1.50 bits per heavy atom. The van der Waals surface area contributed by atoms with E-state index in [9.17, 15) is 0 Å². The maximum Gasteiger partial charge on any atom is 0.235 e. The van der Waals surface area contributed by atoms with Crippen molar-refractivity contribution in [2.45, 2.75) is 19.8 Å². The van der Waals surface area contributed by atoms with Crippen LogP contribution >= 0.6 is 0 Å².